The van der Waals surface area contributed by atoms with Crippen LogP contribution in [0, 0.1) is 13.8 Å². The smallest absolute Gasteiger partial charge is 0.242 e. The van der Waals surface area contributed by atoms with Crippen LogP contribution in [0.1, 0.15) is 54.6 Å². The number of rotatable bonds is 8. The number of Topliss-reactive ketones (excluding diaryl/α,β-unsaturated/α-hetero) is 1. The fraction of sp³-hybridized carbons (Fsp3) is 0.500. The number of carbonyl (C=O) groups is 3. The quantitative estimate of drug-likeness (QED) is 0.722. The topological polar surface area (TPSA) is 75.3 Å². The molecule has 0 unspecified atom stereocenters. The van der Waals surface area contributed by atoms with Crippen LogP contribution in [0.15, 0.2) is 18.2 Å². The van der Waals surface area contributed by atoms with Gasteiger partial charge >= 0.3 is 0 Å². The molecule has 0 radical (unpaired) electrons. The minimum absolute atomic E-state index is 0.0636. The summed E-state index contributed by atoms with van der Waals surface area (Å²) in [6.07, 6.45) is 1.06. The average Bonchev–Trinajstić information content (AvgIpc) is 2.52. The number of hydrogen-bond acceptors (Lipinski definition) is 3. The Morgan fingerprint density at radius 1 is 1.09 bits per heavy atom. The van der Waals surface area contributed by atoms with Gasteiger partial charge in [-0.2, -0.15) is 0 Å². The molecular formula is C18H26N2O3. The standard InChI is InChI=1S/C18H26N2O3/c1-5-10-19-18(23)14(4)20-17(22)9-8-16(21)15-7-6-12(2)13(3)11-15/h6-7,11,14H,5,8-10H2,1-4H3,(H,19,23)(H,20,22)/t14-/m1/s1. The Morgan fingerprint density at radius 2 is 1.78 bits per heavy atom. The van der Waals surface area contributed by atoms with Gasteiger partial charge in [-0.15, -0.1) is 0 Å². The van der Waals surface area contributed by atoms with Crippen LogP contribution in [-0.2, 0) is 9.59 Å². The average molecular weight is 318 g/mol. The zero-order valence-corrected chi connectivity index (χ0v) is 14.4. The lowest BCUT2D eigenvalue weighted by Gasteiger charge is -2.13. The largest absolute Gasteiger partial charge is 0.354 e. The van der Waals surface area contributed by atoms with E-state index in [1.54, 1.807) is 13.0 Å². The first kappa shape index (κ1) is 18.9. The molecule has 0 spiro atoms. The number of carbonyl (C=O) groups excluding carboxylic acids is 3. The summed E-state index contributed by atoms with van der Waals surface area (Å²) in [5.74, 6) is -0.562. The molecule has 0 aliphatic heterocycles. The molecule has 2 amide bonds. The fourth-order valence-electron chi connectivity index (χ4n) is 2.07. The van der Waals surface area contributed by atoms with Gasteiger partial charge in [0.15, 0.2) is 5.78 Å². The molecular weight excluding hydrogens is 292 g/mol. The SMILES string of the molecule is CCCNC(=O)[C@@H](C)NC(=O)CCC(=O)c1ccc(C)c(C)c1. The second-order valence-electron chi connectivity index (χ2n) is 5.80. The van der Waals surface area contributed by atoms with Crippen LogP contribution in [0.5, 0.6) is 0 Å². The Labute approximate surface area is 137 Å². The number of hydrogen-bond donors (Lipinski definition) is 2. The Balaban J connectivity index is 2.44. The molecule has 1 rings (SSSR count). The van der Waals surface area contributed by atoms with Crippen LogP contribution in [0.4, 0.5) is 0 Å². The number of benzene rings is 1. The van der Waals surface area contributed by atoms with Crippen molar-refractivity contribution in [3.8, 4) is 0 Å². The van der Waals surface area contributed by atoms with E-state index < -0.39 is 6.04 Å². The summed E-state index contributed by atoms with van der Waals surface area (Å²) >= 11 is 0. The fourth-order valence-corrected chi connectivity index (χ4v) is 2.07. The minimum atomic E-state index is -0.592. The molecule has 1 aromatic rings. The van der Waals surface area contributed by atoms with Gasteiger partial charge in [-0.3, -0.25) is 14.4 Å². The lowest BCUT2D eigenvalue weighted by Crippen LogP contribution is -2.45. The van der Waals surface area contributed by atoms with E-state index in [0.29, 0.717) is 12.1 Å². The van der Waals surface area contributed by atoms with E-state index in [2.05, 4.69) is 10.6 Å². The van der Waals surface area contributed by atoms with E-state index in [1.807, 2.05) is 32.9 Å². The number of nitrogens with one attached hydrogen (secondary N) is 2. The molecule has 0 aliphatic carbocycles. The molecule has 0 fully saturated rings. The van der Waals surface area contributed by atoms with E-state index in [4.69, 9.17) is 0 Å². The molecule has 0 heterocycles. The molecule has 1 atom stereocenters. The predicted octanol–water partition coefficient (Wildman–Crippen LogP) is 2.30. The summed E-state index contributed by atoms with van der Waals surface area (Å²) in [5, 5.41) is 5.33. The summed E-state index contributed by atoms with van der Waals surface area (Å²) in [6, 6.07) is 4.94. The summed E-state index contributed by atoms with van der Waals surface area (Å²) in [7, 11) is 0. The first-order chi connectivity index (χ1) is 10.8. The molecule has 0 bridgehead atoms. The number of amides is 2. The third-order valence-corrected chi connectivity index (χ3v) is 3.73. The predicted molar refractivity (Wildman–Crippen MR) is 90.4 cm³/mol. The minimum Gasteiger partial charge on any atom is -0.354 e. The maximum Gasteiger partial charge on any atom is 0.242 e. The maximum atomic E-state index is 12.1. The molecule has 126 valence electrons. The highest BCUT2D eigenvalue weighted by Gasteiger charge is 2.16. The van der Waals surface area contributed by atoms with Crippen LogP contribution in [0.3, 0.4) is 0 Å². The Morgan fingerprint density at radius 3 is 2.39 bits per heavy atom. The van der Waals surface area contributed by atoms with Crippen molar-refractivity contribution in [3.63, 3.8) is 0 Å². The van der Waals surface area contributed by atoms with Gasteiger partial charge in [0, 0.05) is 24.9 Å². The lowest BCUT2D eigenvalue weighted by molar-refractivity contribution is -0.128. The van der Waals surface area contributed by atoms with Gasteiger partial charge in [0.25, 0.3) is 0 Å². The first-order valence-corrected chi connectivity index (χ1v) is 8.02. The zero-order valence-electron chi connectivity index (χ0n) is 14.4. The van der Waals surface area contributed by atoms with E-state index in [-0.39, 0.29) is 30.4 Å². The maximum absolute atomic E-state index is 12.1. The molecule has 0 saturated carbocycles. The van der Waals surface area contributed by atoms with E-state index in [9.17, 15) is 14.4 Å². The van der Waals surface area contributed by atoms with E-state index in [0.717, 1.165) is 17.5 Å². The first-order valence-electron chi connectivity index (χ1n) is 8.02. The monoisotopic (exact) mass is 318 g/mol. The molecule has 1 aromatic carbocycles. The highest BCUT2D eigenvalue weighted by molar-refractivity contribution is 5.98. The third-order valence-electron chi connectivity index (χ3n) is 3.73. The lowest BCUT2D eigenvalue weighted by atomic mass is 10.0. The summed E-state index contributed by atoms with van der Waals surface area (Å²) in [4.78, 5) is 35.6. The van der Waals surface area contributed by atoms with Crippen molar-refractivity contribution in [2.75, 3.05) is 6.54 Å². The van der Waals surface area contributed by atoms with Crippen LogP contribution in [-0.4, -0.2) is 30.2 Å². The molecule has 5 heteroatoms. The van der Waals surface area contributed by atoms with Crippen LogP contribution in [0.25, 0.3) is 0 Å². The molecule has 5 nitrogen and oxygen atoms in total. The van der Waals surface area contributed by atoms with Crippen LogP contribution >= 0.6 is 0 Å². The van der Waals surface area contributed by atoms with Gasteiger partial charge in [0.05, 0.1) is 0 Å². The van der Waals surface area contributed by atoms with Crippen molar-refractivity contribution in [3.05, 3.63) is 34.9 Å². The van der Waals surface area contributed by atoms with Gasteiger partial charge in [0.2, 0.25) is 11.8 Å². The molecule has 2 N–H and O–H groups in total. The van der Waals surface area contributed by atoms with Crippen molar-refractivity contribution >= 4 is 17.6 Å². The normalized spacial score (nSPS) is 11.7. The molecule has 23 heavy (non-hydrogen) atoms. The Bertz CT molecular complexity index is 582. The van der Waals surface area contributed by atoms with E-state index >= 15 is 0 Å². The van der Waals surface area contributed by atoms with Crippen molar-refractivity contribution < 1.29 is 14.4 Å². The van der Waals surface area contributed by atoms with E-state index in [1.165, 1.54) is 0 Å². The van der Waals surface area contributed by atoms with Gasteiger partial charge in [-0.1, -0.05) is 19.1 Å². The van der Waals surface area contributed by atoms with Crippen molar-refractivity contribution in [1.82, 2.24) is 10.6 Å². The van der Waals surface area contributed by atoms with Gasteiger partial charge in [-0.05, 0) is 44.4 Å². The van der Waals surface area contributed by atoms with Crippen LogP contribution in [0.2, 0.25) is 0 Å². The highest BCUT2D eigenvalue weighted by atomic mass is 16.2. The second-order valence-corrected chi connectivity index (χ2v) is 5.80. The Hall–Kier alpha value is -2.17. The third kappa shape index (κ3) is 6.22. The highest BCUT2D eigenvalue weighted by Crippen LogP contribution is 2.12. The Kier molecular flexibility index (Phi) is 7.45. The molecule has 0 aliphatic rings. The van der Waals surface area contributed by atoms with Gasteiger partial charge in [-0.25, -0.2) is 0 Å². The number of ketones is 1. The van der Waals surface area contributed by atoms with Crippen molar-refractivity contribution in [2.45, 2.75) is 53.0 Å². The summed E-state index contributed by atoms with van der Waals surface area (Å²) in [6.45, 7) is 8.12. The van der Waals surface area contributed by atoms with Gasteiger partial charge < -0.3 is 10.6 Å². The van der Waals surface area contributed by atoms with Gasteiger partial charge in [0.1, 0.15) is 6.04 Å². The number of aryl methyl sites for hydroxylation is 2. The molecule has 0 saturated heterocycles. The summed E-state index contributed by atoms with van der Waals surface area (Å²) < 4.78 is 0. The van der Waals surface area contributed by atoms with Crippen molar-refractivity contribution in [2.24, 2.45) is 0 Å². The second kappa shape index (κ2) is 9.08. The van der Waals surface area contributed by atoms with Crippen molar-refractivity contribution in [1.29, 1.82) is 0 Å². The van der Waals surface area contributed by atoms with Crippen LogP contribution < -0.4 is 10.6 Å². The zero-order chi connectivity index (χ0) is 17.4. The summed E-state index contributed by atoms with van der Waals surface area (Å²) in [5.41, 5.74) is 2.81. The molecule has 0 aromatic heterocycles.